The predicted molar refractivity (Wildman–Crippen MR) is 194 cm³/mol. The molecule has 0 radical (unpaired) electrons. The summed E-state index contributed by atoms with van der Waals surface area (Å²) in [5.74, 6) is -1.23. The summed E-state index contributed by atoms with van der Waals surface area (Å²) in [5, 5.41) is 5.40. The number of nitrogen functional groups attached to an aromatic ring is 1. The lowest BCUT2D eigenvalue weighted by molar-refractivity contribution is -0.143. The van der Waals surface area contributed by atoms with Gasteiger partial charge < -0.3 is 25.8 Å². The van der Waals surface area contributed by atoms with Crippen LogP contribution >= 0.6 is 24.4 Å². The highest BCUT2D eigenvalue weighted by atomic mass is 32.1. The topological polar surface area (TPSA) is 103 Å². The molecule has 0 aliphatic carbocycles. The van der Waals surface area contributed by atoms with E-state index in [9.17, 15) is 35.9 Å². The van der Waals surface area contributed by atoms with Crippen LogP contribution in [0.5, 0.6) is 0 Å². The van der Waals surface area contributed by atoms with Gasteiger partial charge in [0.15, 0.2) is 0 Å². The van der Waals surface area contributed by atoms with Crippen LogP contribution in [0.1, 0.15) is 38.9 Å². The fourth-order valence-electron chi connectivity index (χ4n) is 4.85. The number of nitrogens with two attached hydrogens (primary N) is 1. The van der Waals surface area contributed by atoms with Gasteiger partial charge in [-0.3, -0.25) is 0 Å². The Morgan fingerprint density at radius 1 is 0.635 bits per heavy atom. The summed E-state index contributed by atoms with van der Waals surface area (Å²) in [6, 6.07) is 22.3. The molecule has 0 saturated carbocycles. The van der Waals surface area contributed by atoms with Crippen LogP contribution in [0.25, 0.3) is 0 Å². The van der Waals surface area contributed by atoms with E-state index in [0.717, 1.165) is 28.8 Å². The molecule has 276 valence electrons. The van der Waals surface area contributed by atoms with Crippen LogP contribution in [0.15, 0.2) is 97.1 Å². The van der Waals surface area contributed by atoms with E-state index in [0.29, 0.717) is 5.69 Å². The zero-order chi connectivity index (χ0) is 38.6. The van der Waals surface area contributed by atoms with Gasteiger partial charge in [0.05, 0.1) is 25.3 Å². The third-order valence-corrected chi connectivity index (χ3v) is 8.19. The summed E-state index contributed by atoms with van der Waals surface area (Å²) in [7, 11) is 2.42. The van der Waals surface area contributed by atoms with Gasteiger partial charge in [-0.2, -0.15) is 26.3 Å². The minimum Gasteiger partial charge on any atom is -0.467 e. The van der Waals surface area contributed by atoms with Gasteiger partial charge in [0.25, 0.3) is 0 Å². The number of benzene rings is 4. The highest BCUT2D eigenvalue weighted by Crippen LogP contribution is 2.33. The van der Waals surface area contributed by atoms with Crippen molar-refractivity contribution in [1.29, 1.82) is 0 Å². The minimum absolute atomic E-state index is 0.152. The van der Waals surface area contributed by atoms with Crippen molar-refractivity contribution >= 4 is 52.0 Å². The standard InChI is InChI=1S/C19H18F3NO2S.C18H17F3N2O2S/c1-12-7-9-13(10-8-12)11-16(18(24)25-2)23-17(26)14-5-3-4-6-15(14)19(20,21)22;1-25-17(24)15(10-11-6-8-12(22)9-7-11)23-16(26)13-4-2-3-5-14(13)18(19,20)21/h3-10,16H,11H2,1-2H3,(H,23,26);2-9,15H,10,22H2,1H3,(H,23,26). The number of rotatable bonds is 10. The lowest BCUT2D eigenvalue weighted by Crippen LogP contribution is -2.43. The van der Waals surface area contributed by atoms with Crippen LogP contribution in [0, 0.1) is 6.92 Å². The fourth-order valence-corrected chi connectivity index (χ4v) is 5.49. The van der Waals surface area contributed by atoms with Crippen LogP contribution < -0.4 is 16.4 Å². The van der Waals surface area contributed by atoms with Crippen LogP contribution in [0.3, 0.4) is 0 Å². The molecule has 4 N–H and O–H groups in total. The number of carbonyl (C=O) groups is 2. The molecule has 0 amide bonds. The molecule has 0 fully saturated rings. The first kappa shape index (κ1) is 41.4. The van der Waals surface area contributed by atoms with Gasteiger partial charge in [-0.15, -0.1) is 0 Å². The molecule has 4 aromatic rings. The van der Waals surface area contributed by atoms with Crippen molar-refractivity contribution < 1.29 is 45.4 Å². The molecule has 4 rings (SSSR count). The normalized spacial score (nSPS) is 12.3. The van der Waals surface area contributed by atoms with Crippen LogP contribution in [-0.2, 0) is 44.3 Å². The number of hydrogen-bond acceptors (Lipinski definition) is 7. The third-order valence-electron chi connectivity index (χ3n) is 7.52. The van der Waals surface area contributed by atoms with Crippen LogP contribution in [-0.4, -0.2) is 48.2 Å². The molecule has 0 aliphatic rings. The maximum Gasteiger partial charge on any atom is 0.417 e. The van der Waals surface area contributed by atoms with Crippen molar-refractivity contribution in [3.05, 3.63) is 136 Å². The number of halogens is 6. The summed E-state index contributed by atoms with van der Waals surface area (Å²) in [4.78, 5) is 23.8. The summed E-state index contributed by atoms with van der Waals surface area (Å²) < 4.78 is 88.5. The number of carbonyl (C=O) groups excluding carboxylic acids is 2. The number of thiocarbonyl (C=S) groups is 2. The molecule has 0 aliphatic heterocycles. The Balaban J connectivity index is 0.000000280. The van der Waals surface area contributed by atoms with Crippen molar-refractivity contribution in [1.82, 2.24) is 10.6 Å². The van der Waals surface area contributed by atoms with Crippen molar-refractivity contribution in [3.8, 4) is 0 Å². The second-order valence-corrected chi connectivity index (χ2v) is 12.1. The monoisotopic (exact) mass is 763 g/mol. The number of aryl methyl sites for hydroxylation is 1. The second kappa shape index (κ2) is 18.5. The molecular weight excluding hydrogens is 729 g/mol. The Morgan fingerprint density at radius 2 is 0.981 bits per heavy atom. The van der Waals surface area contributed by atoms with E-state index < -0.39 is 47.5 Å². The molecule has 52 heavy (non-hydrogen) atoms. The van der Waals surface area contributed by atoms with Crippen LogP contribution in [0.4, 0.5) is 32.0 Å². The van der Waals surface area contributed by atoms with E-state index in [1.807, 2.05) is 31.2 Å². The molecule has 15 heteroatoms. The zero-order valence-electron chi connectivity index (χ0n) is 28.1. The Bertz CT molecular complexity index is 1720. The summed E-state index contributed by atoms with van der Waals surface area (Å²) in [6.07, 6.45) is -8.68. The molecule has 0 spiro atoms. The van der Waals surface area contributed by atoms with Gasteiger partial charge in [0.1, 0.15) is 22.1 Å². The van der Waals surface area contributed by atoms with E-state index in [4.69, 9.17) is 39.6 Å². The van der Waals surface area contributed by atoms with Gasteiger partial charge in [0, 0.05) is 29.7 Å². The minimum atomic E-state index is -4.56. The predicted octanol–water partition coefficient (Wildman–Crippen LogP) is 7.40. The maximum absolute atomic E-state index is 13.2. The van der Waals surface area contributed by atoms with Crippen molar-refractivity contribution in [2.45, 2.75) is 44.2 Å². The average molecular weight is 764 g/mol. The Morgan fingerprint density at radius 3 is 1.33 bits per heavy atom. The van der Waals surface area contributed by atoms with Gasteiger partial charge in [-0.05, 0) is 42.3 Å². The first-order valence-electron chi connectivity index (χ1n) is 15.4. The van der Waals surface area contributed by atoms with Crippen molar-refractivity contribution in [2.75, 3.05) is 20.0 Å². The number of esters is 2. The van der Waals surface area contributed by atoms with E-state index in [-0.39, 0.29) is 33.9 Å². The lowest BCUT2D eigenvalue weighted by Gasteiger charge is -2.20. The highest BCUT2D eigenvalue weighted by Gasteiger charge is 2.36. The number of hydrogen-bond donors (Lipinski definition) is 3. The molecule has 2 unspecified atom stereocenters. The van der Waals surface area contributed by atoms with Crippen molar-refractivity contribution in [3.63, 3.8) is 0 Å². The molecule has 0 bridgehead atoms. The first-order chi connectivity index (χ1) is 24.4. The average Bonchev–Trinajstić information content (AvgIpc) is 3.11. The second-order valence-electron chi connectivity index (χ2n) is 11.3. The molecule has 7 nitrogen and oxygen atoms in total. The Hall–Kier alpha value is -5.02. The lowest BCUT2D eigenvalue weighted by atomic mass is 10.0. The largest absolute Gasteiger partial charge is 0.467 e. The maximum atomic E-state index is 13.2. The molecular formula is C37H35F6N3O4S2. The van der Waals surface area contributed by atoms with Gasteiger partial charge in [-0.1, -0.05) is 103 Å². The van der Waals surface area contributed by atoms with Gasteiger partial charge >= 0.3 is 24.3 Å². The smallest absolute Gasteiger partial charge is 0.417 e. The number of alkyl halides is 6. The van der Waals surface area contributed by atoms with Gasteiger partial charge in [0.2, 0.25) is 0 Å². The summed E-state index contributed by atoms with van der Waals surface area (Å²) >= 11 is 10.3. The molecule has 0 saturated heterocycles. The Labute approximate surface area is 307 Å². The third kappa shape index (κ3) is 12.0. The number of nitrogens with one attached hydrogen (secondary N) is 2. The van der Waals surface area contributed by atoms with E-state index in [1.54, 1.807) is 24.3 Å². The highest BCUT2D eigenvalue weighted by molar-refractivity contribution is 7.81. The summed E-state index contributed by atoms with van der Waals surface area (Å²) in [6.45, 7) is 1.93. The molecule has 0 aromatic heterocycles. The van der Waals surface area contributed by atoms with Crippen molar-refractivity contribution in [2.24, 2.45) is 0 Å². The molecule has 0 heterocycles. The zero-order valence-corrected chi connectivity index (χ0v) is 29.7. The summed E-state index contributed by atoms with van der Waals surface area (Å²) in [5.41, 5.74) is 6.76. The number of methoxy groups -OCH3 is 2. The van der Waals surface area contributed by atoms with E-state index in [2.05, 4.69) is 10.6 Å². The van der Waals surface area contributed by atoms with Crippen LogP contribution in [0.2, 0.25) is 0 Å². The number of anilines is 1. The molecule has 4 aromatic carbocycles. The van der Waals surface area contributed by atoms with Gasteiger partial charge in [-0.25, -0.2) is 9.59 Å². The SMILES string of the molecule is COC(=O)C(Cc1ccc(C)cc1)NC(=S)c1ccccc1C(F)(F)F.COC(=O)C(Cc1ccc(N)cc1)NC(=S)c1ccccc1C(F)(F)F. The number of ether oxygens (including phenoxy) is 2. The first-order valence-corrected chi connectivity index (χ1v) is 16.3. The fraction of sp³-hybridized carbons (Fsp3) is 0.243. The van der Waals surface area contributed by atoms with E-state index in [1.165, 1.54) is 50.6 Å². The van der Waals surface area contributed by atoms with E-state index >= 15 is 0 Å². The molecule has 2 atom stereocenters. The Kier molecular flexibility index (Phi) is 14.7. The quantitative estimate of drug-likeness (QED) is 0.0661.